The molecule has 7 nitrogen and oxygen atoms in total. The summed E-state index contributed by atoms with van der Waals surface area (Å²) in [6.45, 7) is 1.18. The fourth-order valence-corrected chi connectivity index (χ4v) is 5.09. The van der Waals surface area contributed by atoms with Crippen molar-refractivity contribution in [2.45, 2.75) is 35.8 Å². The Bertz CT molecular complexity index is 1020. The number of benzene rings is 2. The zero-order valence-electron chi connectivity index (χ0n) is 19.4. The van der Waals surface area contributed by atoms with E-state index in [1.807, 2.05) is 30.5 Å². The highest BCUT2D eigenvalue weighted by atomic mass is 32.2. The number of amides is 2. The van der Waals surface area contributed by atoms with Crippen molar-refractivity contribution >= 4 is 23.6 Å². The van der Waals surface area contributed by atoms with Crippen LogP contribution in [0.2, 0.25) is 0 Å². The van der Waals surface area contributed by atoms with Crippen LogP contribution in [0.1, 0.15) is 46.3 Å². The molecule has 0 spiro atoms. The number of carbonyl (C=O) groups is 2. The number of hydrogen-bond donors (Lipinski definition) is 1. The Hall–Kier alpha value is -2.71. The molecule has 2 aromatic rings. The lowest BCUT2D eigenvalue weighted by molar-refractivity contribution is -0.124. The Balaban J connectivity index is 1.78. The summed E-state index contributed by atoms with van der Waals surface area (Å²) < 4.78 is 16.6. The first-order valence-electron chi connectivity index (χ1n) is 11.0. The fourth-order valence-electron chi connectivity index (χ4n) is 4.68. The Morgan fingerprint density at radius 3 is 2.48 bits per heavy atom. The molecule has 2 aliphatic heterocycles. The molecule has 0 aliphatic carbocycles. The normalized spacial score (nSPS) is 22.1. The van der Waals surface area contributed by atoms with Gasteiger partial charge in [0.1, 0.15) is 0 Å². The number of carbonyl (C=O) groups excluding carboxylic acids is 2. The maximum Gasteiger partial charge on any atom is 0.254 e. The number of fused-ring (bicyclic) bond motifs is 1. The van der Waals surface area contributed by atoms with Crippen LogP contribution in [0.25, 0.3) is 0 Å². The second-order valence-electron chi connectivity index (χ2n) is 8.29. The number of ether oxygens (including phenoxy) is 3. The minimum Gasteiger partial charge on any atom is -0.493 e. The van der Waals surface area contributed by atoms with Gasteiger partial charge in [0, 0.05) is 30.7 Å². The van der Waals surface area contributed by atoms with Crippen molar-refractivity contribution in [1.29, 1.82) is 0 Å². The van der Waals surface area contributed by atoms with E-state index in [1.165, 1.54) is 7.11 Å². The van der Waals surface area contributed by atoms with E-state index >= 15 is 0 Å². The molecule has 0 unspecified atom stereocenters. The lowest BCUT2D eigenvalue weighted by Crippen LogP contribution is -2.46. The fraction of sp³-hybridized carbons (Fsp3) is 0.440. The number of methoxy groups -OCH3 is 2. The molecule has 1 saturated heterocycles. The van der Waals surface area contributed by atoms with Crippen LogP contribution in [0.4, 0.5) is 0 Å². The van der Waals surface area contributed by atoms with Crippen LogP contribution in [-0.2, 0) is 9.53 Å². The van der Waals surface area contributed by atoms with E-state index in [0.29, 0.717) is 29.2 Å². The van der Waals surface area contributed by atoms with Gasteiger partial charge >= 0.3 is 0 Å². The molecule has 176 valence electrons. The molecule has 0 aromatic heterocycles. The van der Waals surface area contributed by atoms with E-state index in [1.54, 1.807) is 43.0 Å². The highest BCUT2D eigenvalue weighted by Gasteiger charge is 2.43. The highest BCUT2D eigenvalue weighted by Crippen LogP contribution is 2.45. The van der Waals surface area contributed by atoms with Gasteiger partial charge in [-0.3, -0.25) is 9.59 Å². The lowest BCUT2D eigenvalue weighted by atomic mass is 9.79. The van der Waals surface area contributed by atoms with Crippen molar-refractivity contribution in [3.05, 3.63) is 53.1 Å². The summed E-state index contributed by atoms with van der Waals surface area (Å²) in [5.74, 6) is 0.0377. The third-order valence-corrected chi connectivity index (χ3v) is 7.19. The third kappa shape index (κ3) is 4.54. The average Bonchev–Trinajstić information content (AvgIpc) is 3.37. The second-order valence-corrected chi connectivity index (χ2v) is 9.17. The standard InChI is InChI=1S/C25H30N2O5S/c1-27-23(15-7-9-17(33-4)10-8-15)22(24(28)26-14-16-6-5-11-32-16)18-12-20(30-2)21(31-3)13-19(18)25(27)29/h7-10,12-13,16,22-23H,5-6,11,14H2,1-4H3,(H,26,28)/t16-,22-,23+/m0/s1. The molecule has 0 bridgehead atoms. The van der Waals surface area contributed by atoms with Crippen LogP contribution >= 0.6 is 11.8 Å². The van der Waals surface area contributed by atoms with Crippen LogP contribution in [0, 0.1) is 0 Å². The molecule has 2 aromatic carbocycles. The van der Waals surface area contributed by atoms with Gasteiger partial charge < -0.3 is 24.4 Å². The van der Waals surface area contributed by atoms with Crippen molar-refractivity contribution in [3.8, 4) is 11.5 Å². The molecule has 1 fully saturated rings. The van der Waals surface area contributed by atoms with E-state index in [2.05, 4.69) is 5.32 Å². The van der Waals surface area contributed by atoms with Crippen LogP contribution in [0.15, 0.2) is 41.3 Å². The summed E-state index contributed by atoms with van der Waals surface area (Å²) in [4.78, 5) is 29.8. The van der Waals surface area contributed by atoms with Crippen LogP contribution in [0.3, 0.4) is 0 Å². The van der Waals surface area contributed by atoms with Crippen molar-refractivity contribution in [3.63, 3.8) is 0 Å². The molecular weight excluding hydrogens is 440 g/mol. The van der Waals surface area contributed by atoms with Crippen LogP contribution in [0.5, 0.6) is 11.5 Å². The van der Waals surface area contributed by atoms with Gasteiger partial charge in [-0.1, -0.05) is 12.1 Å². The predicted octanol–water partition coefficient (Wildman–Crippen LogP) is 3.63. The molecule has 1 N–H and O–H groups in total. The van der Waals surface area contributed by atoms with Crippen LogP contribution < -0.4 is 14.8 Å². The minimum absolute atomic E-state index is 0.0288. The Morgan fingerprint density at radius 2 is 1.88 bits per heavy atom. The number of thioether (sulfide) groups is 1. The van der Waals surface area contributed by atoms with Gasteiger partial charge in [0.05, 0.1) is 32.3 Å². The molecule has 4 rings (SSSR count). The number of nitrogens with zero attached hydrogens (tertiary/aromatic N) is 1. The Labute approximate surface area is 198 Å². The highest BCUT2D eigenvalue weighted by molar-refractivity contribution is 7.98. The van der Waals surface area contributed by atoms with Gasteiger partial charge in [-0.25, -0.2) is 0 Å². The zero-order valence-corrected chi connectivity index (χ0v) is 20.2. The molecule has 2 heterocycles. The molecule has 33 heavy (non-hydrogen) atoms. The number of rotatable bonds is 7. The van der Waals surface area contributed by atoms with Crippen molar-refractivity contribution in [1.82, 2.24) is 10.2 Å². The van der Waals surface area contributed by atoms with Gasteiger partial charge in [-0.15, -0.1) is 11.8 Å². The summed E-state index contributed by atoms with van der Waals surface area (Å²) in [6.07, 6.45) is 3.99. The van der Waals surface area contributed by atoms with E-state index in [9.17, 15) is 9.59 Å². The van der Waals surface area contributed by atoms with Crippen molar-refractivity contribution < 1.29 is 23.8 Å². The van der Waals surface area contributed by atoms with E-state index in [0.717, 1.165) is 29.9 Å². The molecule has 2 aliphatic rings. The maximum absolute atomic E-state index is 13.6. The molecule has 2 amide bonds. The summed E-state index contributed by atoms with van der Waals surface area (Å²) in [6, 6.07) is 11.0. The summed E-state index contributed by atoms with van der Waals surface area (Å²) in [7, 11) is 4.82. The van der Waals surface area contributed by atoms with Crippen LogP contribution in [-0.4, -0.2) is 63.5 Å². The minimum atomic E-state index is -0.607. The third-order valence-electron chi connectivity index (χ3n) is 6.44. The largest absolute Gasteiger partial charge is 0.493 e. The quantitative estimate of drug-likeness (QED) is 0.623. The predicted molar refractivity (Wildman–Crippen MR) is 127 cm³/mol. The first-order valence-corrected chi connectivity index (χ1v) is 12.3. The van der Waals surface area contributed by atoms with E-state index < -0.39 is 12.0 Å². The van der Waals surface area contributed by atoms with Crippen molar-refractivity contribution in [2.24, 2.45) is 0 Å². The zero-order chi connectivity index (χ0) is 23.5. The topological polar surface area (TPSA) is 77.1 Å². The average molecular weight is 471 g/mol. The van der Waals surface area contributed by atoms with Gasteiger partial charge in [0.2, 0.25) is 5.91 Å². The second kappa shape index (κ2) is 10.1. The number of hydrogen-bond acceptors (Lipinski definition) is 6. The lowest BCUT2D eigenvalue weighted by Gasteiger charge is -2.40. The van der Waals surface area contributed by atoms with Gasteiger partial charge in [-0.2, -0.15) is 0 Å². The van der Waals surface area contributed by atoms with E-state index in [-0.39, 0.29) is 17.9 Å². The molecule has 3 atom stereocenters. The molecule has 0 radical (unpaired) electrons. The number of nitrogens with one attached hydrogen (secondary N) is 1. The Morgan fingerprint density at radius 1 is 1.18 bits per heavy atom. The smallest absolute Gasteiger partial charge is 0.254 e. The maximum atomic E-state index is 13.6. The van der Waals surface area contributed by atoms with Gasteiger partial charge in [-0.05, 0) is 54.5 Å². The van der Waals surface area contributed by atoms with Gasteiger partial charge in [0.15, 0.2) is 11.5 Å². The SMILES string of the molecule is COc1cc2c(cc1OC)[C@H](C(=O)NC[C@@H]1CCCO1)[C@@H](c1ccc(SC)cc1)N(C)C2=O. The summed E-state index contributed by atoms with van der Waals surface area (Å²) >= 11 is 1.65. The van der Waals surface area contributed by atoms with Crippen molar-refractivity contribution in [2.75, 3.05) is 40.7 Å². The first-order chi connectivity index (χ1) is 16.0. The van der Waals surface area contributed by atoms with E-state index in [4.69, 9.17) is 14.2 Å². The van der Waals surface area contributed by atoms with Gasteiger partial charge in [0.25, 0.3) is 5.91 Å². The number of likely N-dealkylation sites (N-methyl/N-ethyl adjacent to an activating group) is 1. The first kappa shape index (κ1) is 23.4. The summed E-state index contributed by atoms with van der Waals surface area (Å²) in [5.41, 5.74) is 1.99. The molecular formula is C25H30N2O5S. The summed E-state index contributed by atoms with van der Waals surface area (Å²) in [5, 5.41) is 3.08. The monoisotopic (exact) mass is 470 g/mol. The Kier molecular flexibility index (Phi) is 7.14. The molecule has 0 saturated carbocycles. The molecule has 8 heteroatoms.